The minimum atomic E-state index is 1.08. The Balaban J connectivity index is 1.93. The second-order valence-corrected chi connectivity index (χ2v) is 5.10. The summed E-state index contributed by atoms with van der Waals surface area (Å²) in [4.78, 5) is 0. The quantitative estimate of drug-likeness (QED) is 0.709. The van der Waals surface area contributed by atoms with E-state index < -0.39 is 0 Å². The van der Waals surface area contributed by atoms with Crippen molar-refractivity contribution < 1.29 is 0 Å². The lowest BCUT2D eigenvalue weighted by Gasteiger charge is -2.04. The number of benzene rings is 2. The van der Waals surface area contributed by atoms with Gasteiger partial charge in [0, 0.05) is 0 Å². The predicted octanol–water partition coefficient (Wildman–Crippen LogP) is 4.65. The number of allylic oxidation sites excluding steroid dienone is 1. The third-order valence-corrected chi connectivity index (χ3v) is 3.75. The Morgan fingerprint density at radius 2 is 1.78 bits per heavy atom. The van der Waals surface area contributed by atoms with Crippen molar-refractivity contribution in [2.24, 2.45) is 0 Å². The summed E-state index contributed by atoms with van der Waals surface area (Å²) in [5.41, 5.74) is 8.43. The van der Waals surface area contributed by atoms with Gasteiger partial charge in [0.1, 0.15) is 0 Å². The maximum absolute atomic E-state index is 2.35. The molecule has 0 bridgehead atoms. The molecular formula is C18H18. The molecule has 0 amide bonds. The Hall–Kier alpha value is -1.82. The van der Waals surface area contributed by atoms with Gasteiger partial charge >= 0.3 is 0 Å². The van der Waals surface area contributed by atoms with Gasteiger partial charge in [0.25, 0.3) is 0 Å². The summed E-state index contributed by atoms with van der Waals surface area (Å²) in [6.07, 6.45) is 4.53. The lowest BCUT2D eigenvalue weighted by molar-refractivity contribution is 1.12. The van der Waals surface area contributed by atoms with E-state index in [1.807, 2.05) is 0 Å². The van der Waals surface area contributed by atoms with Gasteiger partial charge in [-0.05, 0) is 47.6 Å². The van der Waals surface area contributed by atoms with Gasteiger partial charge in [-0.15, -0.1) is 0 Å². The first-order valence-electron chi connectivity index (χ1n) is 6.65. The van der Waals surface area contributed by atoms with Gasteiger partial charge in [0.15, 0.2) is 0 Å². The molecule has 0 fully saturated rings. The van der Waals surface area contributed by atoms with E-state index in [-0.39, 0.29) is 0 Å². The van der Waals surface area contributed by atoms with Crippen LogP contribution >= 0.6 is 0 Å². The van der Waals surface area contributed by atoms with E-state index in [0.29, 0.717) is 0 Å². The molecule has 2 aromatic carbocycles. The molecule has 0 nitrogen and oxygen atoms in total. The minimum absolute atomic E-state index is 1.08. The molecule has 0 saturated heterocycles. The Morgan fingerprint density at radius 3 is 2.50 bits per heavy atom. The minimum Gasteiger partial charge on any atom is -0.0613 e. The molecule has 0 aromatic heterocycles. The second-order valence-electron chi connectivity index (χ2n) is 5.10. The first kappa shape index (κ1) is 11.3. The molecule has 0 radical (unpaired) electrons. The molecule has 18 heavy (non-hydrogen) atoms. The molecule has 0 spiro atoms. The fourth-order valence-corrected chi connectivity index (χ4v) is 2.57. The van der Waals surface area contributed by atoms with Crippen molar-refractivity contribution in [1.82, 2.24) is 0 Å². The zero-order valence-electron chi connectivity index (χ0n) is 11.0. The smallest absolute Gasteiger partial charge is 0.00136 e. The highest BCUT2D eigenvalue weighted by Crippen LogP contribution is 2.32. The largest absolute Gasteiger partial charge is 0.0613 e. The fourth-order valence-electron chi connectivity index (χ4n) is 2.57. The Morgan fingerprint density at radius 1 is 1.00 bits per heavy atom. The Kier molecular flexibility index (Phi) is 2.79. The van der Waals surface area contributed by atoms with E-state index in [0.717, 1.165) is 12.8 Å². The lowest BCUT2D eigenvalue weighted by Crippen LogP contribution is -1.88. The first-order valence-corrected chi connectivity index (χ1v) is 6.65. The van der Waals surface area contributed by atoms with Crippen molar-refractivity contribution in [3.63, 3.8) is 0 Å². The average Bonchev–Trinajstić information content (AvgIpc) is 2.82. The van der Waals surface area contributed by atoms with Crippen LogP contribution in [0.3, 0.4) is 0 Å². The number of rotatable bonds is 2. The maximum atomic E-state index is 2.35. The van der Waals surface area contributed by atoms with Crippen LogP contribution in [-0.2, 0) is 12.8 Å². The van der Waals surface area contributed by atoms with Crippen LogP contribution in [0.1, 0.15) is 34.7 Å². The molecule has 3 rings (SSSR count). The molecule has 0 saturated carbocycles. The van der Waals surface area contributed by atoms with Crippen LogP contribution in [0, 0.1) is 6.92 Å². The van der Waals surface area contributed by atoms with Gasteiger partial charge in [-0.25, -0.2) is 0 Å². The van der Waals surface area contributed by atoms with Gasteiger partial charge in [0.2, 0.25) is 0 Å². The first-order chi connectivity index (χ1) is 8.76. The predicted molar refractivity (Wildman–Crippen MR) is 78.6 cm³/mol. The molecule has 2 aromatic rings. The van der Waals surface area contributed by atoms with Gasteiger partial charge in [-0.2, -0.15) is 0 Å². The molecule has 1 aliphatic rings. The maximum Gasteiger partial charge on any atom is -0.00136 e. The van der Waals surface area contributed by atoms with Crippen molar-refractivity contribution in [2.45, 2.75) is 26.7 Å². The summed E-state index contributed by atoms with van der Waals surface area (Å²) in [7, 11) is 0. The highest BCUT2D eigenvalue weighted by molar-refractivity contribution is 5.88. The highest BCUT2D eigenvalue weighted by atomic mass is 14.2. The fraction of sp³-hybridized carbons (Fsp3) is 0.222. The molecule has 0 unspecified atom stereocenters. The molecule has 90 valence electrons. The molecule has 0 aliphatic heterocycles. The standard InChI is InChI=1S/C18H18/c1-3-14-6-9-16-11-18(12-17(16)10-14)15-7-4-13(2)5-8-15/h4-11H,3,12H2,1-2H3. The zero-order chi connectivity index (χ0) is 12.5. The number of hydrogen-bond acceptors (Lipinski definition) is 0. The Labute approximate surface area is 109 Å². The monoisotopic (exact) mass is 234 g/mol. The van der Waals surface area contributed by atoms with Crippen molar-refractivity contribution in [3.05, 3.63) is 70.3 Å². The van der Waals surface area contributed by atoms with Crippen LogP contribution in [0.15, 0.2) is 42.5 Å². The van der Waals surface area contributed by atoms with Crippen LogP contribution in [-0.4, -0.2) is 0 Å². The zero-order valence-corrected chi connectivity index (χ0v) is 11.0. The SMILES string of the molecule is CCc1ccc2c(c1)CC(c1ccc(C)cc1)=C2. The van der Waals surface area contributed by atoms with Crippen LogP contribution < -0.4 is 0 Å². The van der Waals surface area contributed by atoms with E-state index in [4.69, 9.17) is 0 Å². The van der Waals surface area contributed by atoms with E-state index in [2.05, 4.69) is 62.4 Å². The van der Waals surface area contributed by atoms with E-state index in [9.17, 15) is 0 Å². The van der Waals surface area contributed by atoms with Gasteiger partial charge < -0.3 is 0 Å². The van der Waals surface area contributed by atoms with E-state index in [1.165, 1.54) is 33.4 Å². The molecule has 0 heteroatoms. The number of aryl methyl sites for hydroxylation is 2. The van der Waals surface area contributed by atoms with Crippen molar-refractivity contribution >= 4 is 11.6 Å². The van der Waals surface area contributed by atoms with Crippen LogP contribution in [0.25, 0.3) is 11.6 Å². The third-order valence-electron chi connectivity index (χ3n) is 3.75. The molecule has 1 aliphatic carbocycles. The normalized spacial score (nSPS) is 13.3. The molecule has 0 atom stereocenters. The third kappa shape index (κ3) is 1.99. The van der Waals surface area contributed by atoms with Gasteiger partial charge in [-0.1, -0.05) is 61.0 Å². The number of fused-ring (bicyclic) bond motifs is 1. The van der Waals surface area contributed by atoms with Gasteiger partial charge in [-0.3, -0.25) is 0 Å². The van der Waals surface area contributed by atoms with Crippen LogP contribution in [0.2, 0.25) is 0 Å². The van der Waals surface area contributed by atoms with E-state index >= 15 is 0 Å². The topological polar surface area (TPSA) is 0 Å². The summed E-state index contributed by atoms with van der Waals surface area (Å²) >= 11 is 0. The van der Waals surface area contributed by atoms with E-state index in [1.54, 1.807) is 0 Å². The Bertz CT molecular complexity index is 600. The lowest BCUT2D eigenvalue weighted by atomic mass is 10.0. The molecule has 0 N–H and O–H groups in total. The summed E-state index contributed by atoms with van der Waals surface area (Å²) in [5, 5.41) is 0. The second kappa shape index (κ2) is 4.45. The molecule has 0 heterocycles. The van der Waals surface area contributed by atoms with Crippen molar-refractivity contribution in [3.8, 4) is 0 Å². The van der Waals surface area contributed by atoms with Crippen molar-refractivity contribution in [1.29, 1.82) is 0 Å². The summed E-state index contributed by atoms with van der Waals surface area (Å²) in [5.74, 6) is 0. The highest BCUT2D eigenvalue weighted by Gasteiger charge is 2.14. The average molecular weight is 234 g/mol. The summed E-state index contributed by atoms with van der Waals surface area (Å²) in [6, 6.07) is 15.7. The molecular weight excluding hydrogens is 216 g/mol. The number of hydrogen-bond donors (Lipinski definition) is 0. The van der Waals surface area contributed by atoms with Crippen LogP contribution in [0.4, 0.5) is 0 Å². The van der Waals surface area contributed by atoms with Crippen LogP contribution in [0.5, 0.6) is 0 Å². The summed E-state index contributed by atoms with van der Waals surface area (Å²) in [6.45, 7) is 4.35. The van der Waals surface area contributed by atoms with Crippen molar-refractivity contribution in [2.75, 3.05) is 0 Å². The summed E-state index contributed by atoms with van der Waals surface area (Å²) < 4.78 is 0. The van der Waals surface area contributed by atoms with Gasteiger partial charge in [0.05, 0.1) is 0 Å².